The summed E-state index contributed by atoms with van der Waals surface area (Å²) in [5, 5.41) is 5.57. The first-order valence-electron chi connectivity index (χ1n) is 6.83. The molecule has 1 unspecified atom stereocenters. The molecule has 1 saturated heterocycles. The van der Waals surface area contributed by atoms with Gasteiger partial charge in [0.2, 0.25) is 10.0 Å². The lowest BCUT2D eigenvalue weighted by Crippen LogP contribution is -2.47. The Labute approximate surface area is 123 Å². The molecule has 1 aromatic heterocycles. The SMILES string of the molecule is NS(=O)(=O)C1CCCN(C(=O)c2ccc3cc[nH]c3c2)C1. The fourth-order valence-electron chi connectivity index (χ4n) is 2.75. The van der Waals surface area contributed by atoms with Crippen molar-refractivity contribution < 1.29 is 13.2 Å². The summed E-state index contributed by atoms with van der Waals surface area (Å²) in [5.41, 5.74) is 1.45. The van der Waals surface area contributed by atoms with Gasteiger partial charge >= 0.3 is 0 Å². The molecule has 0 bridgehead atoms. The normalized spacial score (nSPS) is 19.9. The Kier molecular flexibility index (Phi) is 3.46. The minimum absolute atomic E-state index is 0.153. The zero-order chi connectivity index (χ0) is 15.0. The van der Waals surface area contributed by atoms with Crippen LogP contribution in [0.4, 0.5) is 0 Å². The predicted octanol–water partition coefficient (Wildman–Crippen LogP) is 1.06. The smallest absolute Gasteiger partial charge is 0.253 e. The van der Waals surface area contributed by atoms with E-state index in [0.717, 1.165) is 10.9 Å². The van der Waals surface area contributed by atoms with E-state index in [-0.39, 0.29) is 12.5 Å². The number of hydrogen-bond acceptors (Lipinski definition) is 3. The van der Waals surface area contributed by atoms with E-state index < -0.39 is 15.3 Å². The van der Waals surface area contributed by atoms with Gasteiger partial charge in [-0.2, -0.15) is 0 Å². The zero-order valence-corrected chi connectivity index (χ0v) is 12.3. The number of nitrogens with one attached hydrogen (secondary N) is 1. The Balaban J connectivity index is 1.83. The van der Waals surface area contributed by atoms with E-state index in [1.165, 1.54) is 0 Å². The van der Waals surface area contributed by atoms with Crippen LogP contribution in [0, 0.1) is 0 Å². The molecule has 2 heterocycles. The van der Waals surface area contributed by atoms with Gasteiger partial charge in [-0.3, -0.25) is 4.79 Å². The summed E-state index contributed by atoms with van der Waals surface area (Å²) in [6.45, 7) is 0.730. The summed E-state index contributed by atoms with van der Waals surface area (Å²) >= 11 is 0. The lowest BCUT2D eigenvalue weighted by Gasteiger charge is -2.31. The number of H-pyrrole nitrogens is 1. The number of carbonyl (C=O) groups excluding carboxylic acids is 1. The van der Waals surface area contributed by atoms with Crippen molar-refractivity contribution in [3.8, 4) is 0 Å². The van der Waals surface area contributed by atoms with Gasteiger partial charge < -0.3 is 9.88 Å². The molecule has 3 N–H and O–H groups in total. The van der Waals surface area contributed by atoms with Gasteiger partial charge in [-0.15, -0.1) is 0 Å². The minimum atomic E-state index is -3.60. The maximum absolute atomic E-state index is 12.5. The van der Waals surface area contributed by atoms with Gasteiger partial charge in [-0.05, 0) is 36.4 Å². The van der Waals surface area contributed by atoms with Gasteiger partial charge in [0.05, 0.1) is 5.25 Å². The number of rotatable bonds is 2. The highest BCUT2D eigenvalue weighted by atomic mass is 32.2. The van der Waals surface area contributed by atoms with E-state index >= 15 is 0 Å². The Hall–Kier alpha value is -1.86. The Bertz CT molecular complexity index is 782. The third-order valence-corrected chi connectivity index (χ3v) is 5.25. The van der Waals surface area contributed by atoms with Gasteiger partial charge in [0.25, 0.3) is 5.91 Å². The zero-order valence-electron chi connectivity index (χ0n) is 11.5. The van der Waals surface area contributed by atoms with Crippen molar-refractivity contribution in [1.82, 2.24) is 9.88 Å². The standard InChI is InChI=1S/C14H17N3O3S/c15-21(19,20)12-2-1-7-17(9-12)14(18)11-4-3-10-5-6-16-13(10)8-11/h3-6,8,12,16H,1-2,7,9H2,(H2,15,19,20). The van der Waals surface area contributed by atoms with E-state index in [1.807, 2.05) is 18.3 Å². The number of amides is 1. The van der Waals surface area contributed by atoms with Crippen molar-refractivity contribution >= 4 is 26.8 Å². The van der Waals surface area contributed by atoms with Crippen LogP contribution < -0.4 is 5.14 Å². The molecule has 1 atom stereocenters. The number of sulfonamides is 1. The number of carbonyl (C=O) groups is 1. The average molecular weight is 307 g/mol. The van der Waals surface area contributed by atoms with Crippen molar-refractivity contribution in [1.29, 1.82) is 0 Å². The summed E-state index contributed by atoms with van der Waals surface area (Å²) in [7, 11) is -3.60. The molecule has 0 aliphatic carbocycles. The van der Waals surface area contributed by atoms with Crippen LogP contribution in [0.25, 0.3) is 10.9 Å². The first kappa shape index (κ1) is 14.1. The van der Waals surface area contributed by atoms with Gasteiger partial charge in [0.15, 0.2) is 0 Å². The first-order valence-corrected chi connectivity index (χ1v) is 8.44. The molecule has 1 amide bonds. The lowest BCUT2D eigenvalue weighted by molar-refractivity contribution is 0.0727. The van der Waals surface area contributed by atoms with Crippen molar-refractivity contribution in [3.63, 3.8) is 0 Å². The summed E-state index contributed by atoms with van der Waals surface area (Å²) in [5.74, 6) is -0.153. The molecule has 1 fully saturated rings. The molecule has 7 heteroatoms. The number of likely N-dealkylation sites (tertiary alicyclic amines) is 1. The highest BCUT2D eigenvalue weighted by Crippen LogP contribution is 2.20. The second-order valence-corrected chi connectivity index (χ2v) is 7.23. The van der Waals surface area contributed by atoms with Crippen molar-refractivity contribution in [2.45, 2.75) is 18.1 Å². The molecule has 0 radical (unpaired) electrons. The summed E-state index contributed by atoms with van der Waals surface area (Å²) in [6.07, 6.45) is 2.98. The lowest BCUT2D eigenvalue weighted by atomic mass is 10.1. The maximum Gasteiger partial charge on any atom is 0.253 e. The molecular formula is C14H17N3O3S. The molecule has 3 rings (SSSR count). The molecule has 1 aromatic carbocycles. The summed E-state index contributed by atoms with van der Waals surface area (Å²) in [6, 6.07) is 7.36. The highest BCUT2D eigenvalue weighted by Gasteiger charge is 2.30. The van der Waals surface area contributed by atoms with Crippen LogP contribution >= 0.6 is 0 Å². The maximum atomic E-state index is 12.5. The van der Waals surface area contributed by atoms with Crippen molar-refractivity contribution in [2.24, 2.45) is 5.14 Å². The van der Waals surface area contributed by atoms with Crippen LogP contribution in [0.2, 0.25) is 0 Å². The molecule has 0 saturated carbocycles. The van der Waals surface area contributed by atoms with Gasteiger partial charge in [0.1, 0.15) is 0 Å². The number of benzene rings is 1. The van der Waals surface area contributed by atoms with Crippen LogP contribution in [0.15, 0.2) is 30.5 Å². The predicted molar refractivity (Wildman–Crippen MR) is 80.3 cm³/mol. The molecular weight excluding hydrogens is 290 g/mol. The molecule has 1 aliphatic heterocycles. The summed E-state index contributed by atoms with van der Waals surface area (Å²) in [4.78, 5) is 17.2. The first-order chi connectivity index (χ1) is 9.95. The van der Waals surface area contributed by atoms with E-state index in [0.29, 0.717) is 24.9 Å². The van der Waals surface area contributed by atoms with Crippen molar-refractivity contribution in [3.05, 3.63) is 36.0 Å². The van der Waals surface area contributed by atoms with Crippen LogP contribution in [0.1, 0.15) is 23.2 Å². The van der Waals surface area contributed by atoms with Gasteiger partial charge in [-0.25, -0.2) is 13.6 Å². The number of aromatic amines is 1. The third kappa shape index (κ3) is 2.79. The fraction of sp³-hybridized carbons (Fsp3) is 0.357. The molecule has 1 aliphatic rings. The number of piperidine rings is 1. The van der Waals surface area contributed by atoms with E-state index in [9.17, 15) is 13.2 Å². The van der Waals surface area contributed by atoms with E-state index in [4.69, 9.17) is 5.14 Å². The van der Waals surface area contributed by atoms with Gasteiger partial charge in [-0.1, -0.05) is 6.07 Å². The average Bonchev–Trinajstić information content (AvgIpc) is 2.93. The number of primary sulfonamides is 1. The Morgan fingerprint density at radius 3 is 2.90 bits per heavy atom. The number of hydrogen-bond donors (Lipinski definition) is 2. The number of fused-ring (bicyclic) bond motifs is 1. The van der Waals surface area contributed by atoms with E-state index in [2.05, 4.69) is 4.98 Å². The number of nitrogens with two attached hydrogens (primary N) is 1. The van der Waals surface area contributed by atoms with Gasteiger partial charge in [0, 0.05) is 30.4 Å². The molecule has 112 valence electrons. The third-order valence-electron chi connectivity index (χ3n) is 3.93. The number of aromatic nitrogens is 1. The molecule has 6 nitrogen and oxygen atoms in total. The minimum Gasteiger partial charge on any atom is -0.361 e. The quantitative estimate of drug-likeness (QED) is 0.868. The fourth-order valence-corrected chi connectivity index (χ4v) is 3.64. The Morgan fingerprint density at radius 2 is 2.14 bits per heavy atom. The van der Waals surface area contributed by atoms with Crippen LogP contribution in [0.3, 0.4) is 0 Å². The molecule has 2 aromatic rings. The number of nitrogens with zero attached hydrogens (tertiary/aromatic N) is 1. The molecule has 21 heavy (non-hydrogen) atoms. The van der Waals surface area contributed by atoms with Crippen LogP contribution in [0.5, 0.6) is 0 Å². The Morgan fingerprint density at radius 1 is 1.33 bits per heavy atom. The molecule has 0 spiro atoms. The second-order valence-electron chi connectivity index (χ2n) is 5.38. The van der Waals surface area contributed by atoms with Crippen LogP contribution in [-0.4, -0.2) is 42.5 Å². The topological polar surface area (TPSA) is 96.3 Å². The second kappa shape index (κ2) is 5.16. The monoisotopic (exact) mass is 307 g/mol. The largest absolute Gasteiger partial charge is 0.361 e. The van der Waals surface area contributed by atoms with Crippen molar-refractivity contribution in [2.75, 3.05) is 13.1 Å². The van der Waals surface area contributed by atoms with E-state index in [1.54, 1.807) is 17.0 Å². The summed E-state index contributed by atoms with van der Waals surface area (Å²) < 4.78 is 22.9. The van der Waals surface area contributed by atoms with Crippen LogP contribution in [-0.2, 0) is 10.0 Å². The highest BCUT2D eigenvalue weighted by molar-refractivity contribution is 7.89.